The molecule has 1 aliphatic rings. The van der Waals surface area contributed by atoms with Crippen molar-refractivity contribution >= 4 is 9.84 Å². The molecule has 1 heterocycles. The van der Waals surface area contributed by atoms with Crippen LogP contribution in [0.2, 0.25) is 0 Å². The van der Waals surface area contributed by atoms with Gasteiger partial charge in [-0.3, -0.25) is 0 Å². The van der Waals surface area contributed by atoms with E-state index in [4.69, 9.17) is 10.5 Å². The first-order valence-electron chi connectivity index (χ1n) is 4.97. The average molecular weight is 221 g/mol. The lowest BCUT2D eigenvalue weighted by atomic mass is 10.1. The highest BCUT2D eigenvalue weighted by atomic mass is 32.2. The van der Waals surface area contributed by atoms with Crippen LogP contribution in [-0.2, 0) is 14.6 Å². The van der Waals surface area contributed by atoms with E-state index in [1.54, 1.807) is 0 Å². The van der Waals surface area contributed by atoms with Gasteiger partial charge < -0.3 is 10.5 Å². The molecule has 1 aliphatic heterocycles. The van der Waals surface area contributed by atoms with E-state index in [9.17, 15) is 8.42 Å². The van der Waals surface area contributed by atoms with Crippen LogP contribution in [0.4, 0.5) is 0 Å². The van der Waals surface area contributed by atoms with Gasteiger partial charge in [0.1, 0.15) is 9.84 Å². The van der Waals surface area contributed by atoms with E-state index >= 15 is 0 Å². The smallest absolute Gasteiger partial charge is 0.147 e. The van der Waals surface area contributed by atoms with Gasteiger partial charge in [0.05, 0.1) is 18.0 Å². The molecule has 1 saturated heterocycles. The van der Waals surface area contributed by atoms with Crippen LogP contribution in [0, 0.1) is 0 Å². The Bertz CT molecular complexity index is 276. The lowest BCUT2D eigenvalue weighted by Crippen LogP contribution is -2.36. The Labute approximate surface area is 85.7 Å². The van der Waals surface area contributed by atoms with Crippen LogP contribution in [-0.4, -0.2) is 38.7 Å². The van der Waals surface area contributed by atoms with E-state index < -0.39 is 9.84 Å². The summed E-state index contributed by atoms with van der Waals surface area (Å²) in [5.74, 6) is 0.155. The Morgan fingerprint density at radius 2 is 2.14 bits per heavy atom. The maximum Gasteiger partial charge on any atom is 0.147 e. The van der Waals surface area contributed by atoms with Gasteiger partial charge in [0, 0.05) is 12.3 Å². The summed E-state index contributed by atoms with van der Waals surface area (Å²) >= 11 is 0. The van der Waals surface area contributed by atoms with Crippen molar-refractivity contribution in [2.24, 2.45) is 5.73 Å². The molecule has 5 heteroatoms. The summed E-state index contributed by atoms with van der Waals surface area (Å²) in [6.45, 7) is 2.02. The third kappa shape index (κ3) is 3.94. The van der Waals surface area contributed by atoms with Gasteiger partial charge in [0.2, 0.25) is 0 Å². The second kappa shape index (κ2) is 4.59. The molecule has 4 nitrogen and oxygen atoms in total. The molecule has 0 amide bonds. The van der Waals surface area contributed by atoms with Gasteiger partial charge in [-0.1, -0.05) is 0 Å². The van der Waals surface area contributed by atoms with Gasteiger partial charge >= 0.3 is 0 Å². The Hall–Kier alpha value is -0.130. The fraction of sp³-hybridized carbons (Fsp3) is 1.00. The zero-order valence-corrected chi connectivity index (χ0v) is 9.59. The number of sulfone groups is 1. The molecular weight excluding hydrogens is 202 g/mol. The van der Waals surface area contributed by atoms with Crippen LogP contribution in [0.15, 0.2) is 0 Å². The fourth-order valence-electron chi connectivity index (χ4n) is 1.68. The van der Waals surface area contributed by atoms with Crippen molar-refractivity contribution in [2.75, 3.05) is 12.0 Å². The van der Waals surface area contributed by atoms with Gasteiger partial charge in [0.25, 0.3) is 0 Å². The largest absolute Gasteiger partial charge is 0.374 e. The van der Waals surface area contributed by atoms with E-state index in [-0.39, 0.29) is 24.0 Å². The van der Waals surface area contributed by atoms with E-state index in [1.165, 1.54) is 6.26 Å². The summed E-state index contributed by atoms with van der Waals surface area (Å²) in [7, 11) is -2.90. The summed E-state index contributed by atoms with van der Waals surface area (Å²) < 4.78 is 27.4. The van der Waals surface area contributed by atoms with Crippen LogP contribution >= 0.6 is 0 Å². The quantitative estimate of drug-likeness (QED) is 0.742. The zero-order valence-electron chi connectivity index (χ0n) is 8.77. The minimum absolute atomic E-state index is 0.0479. The summed E-state index contributed by atoms with van der Waals surface area (Å²) in [5, 5.41) is 0. The van der Waals surface area contributed by atoms with Gasteiger partial charge in [-0.05, 0) is 26.2 Å². The van der Waals surface area contributed by atoms with E-state index in [2.05, 4.69) is 0 Å². The molecule has 0 radical (unpaired) electrons. The lowest BCUT2D eigenvalue weighted by Gasteiger charge is -2.18. The van der Waals surface area contributed by atoms with Crippen LogP contribution < -0.4 is 5.73 Å². The van der Waals surface area contributed by atoms with E-state index in [1.807, 2.05) is 6.92 Å². The number of hydrogen-bond acceptors (Lipinski definition) is 4. The topological polar surface area (TPSA) is 69.4 Å². The van der Waals surface area contributed by atoms with Gasteiger partial charge in [-0.15, -0.1) is 0 Å². The van der Waals surface area contributed by atoms with Crippen molar-refractivity contribution in [3.63, 3.8) is 0 Å². The second-order valence-corrected chi connectivity index (χ2v) is 6.40. The highest BCUT2D eigenvalue weighted by Gasteiger charge is 2.27. The SMILES string of the molecule is CC1CCC(C(N)CCS(C)(=O)=O)O1. The summed E-state index contributed by atoms with van der Waals surface area (Å²) in [4.78, 5) is 0. The molecular formula is C9H19NO3S. The molecule has 0 spiro atoms. The Balaban J connectivity index is 2.32. The van der Waals surface area contributed by atoms with Crippen LogP contribution in [0.25, 0.3) is 0 Å². The first kappa shape index (κ1) is 11.9. The molecule has 3 unspecified atom stereocenters. The molecule has 0 aromatic heterocycles. The predicted octanol–water partition coefficient (Wildman–Crippen LogP) is 0.316. The molecule has 0 aliphatic carbocycles. The predicted molar refractivity (Wildman–Crippen MR) is 55.9 cm³/mol. The first-order chi connectivity index (χ1) is 6.38. The summed E-state index contributed by atoms with van der Waals surface area (Å²) in [6.07, 6.45) is 4.02. The standard InChI is InChI=1S/C9H19NO3S/c1-7-3-4-9(13-7)8(10)5-6-14(2,11)12/h7-9H,3-6,10H2,1-2H3. The number of rotatable bonds is 4. The third-order valence-corrected chi connectivity index (χ3v) is 3.54. The average Bonchev–Trinajstić information content (AvgIpc) is 2.46. The molecule has 2 N–H and O–H groups in total. The Kier molecular flexibility index (Phi) is 3.92. The third-order valence-electron chi connectivity index (χ3n) is 2.56. The van der Waals surface area contributed by atoms with E-state index in [0.717, 1.165) is 12.8 Å². The zero-order chi connectivity index (χ0) is 10.8. The molecule has 14 heavy (non-hydrogen) atoms. The molecule has 0 saturated carbocycles. The monoisotopic (exact) mass is 221 g/mol. The number of hydrogen-bond donors (Lipinski definition) is 1. The molecule has 3 atom stereocenters. The fourth-order valence-corrected chi connectivity index (χ4v) is 2.38. The summed E-state index contributed by atoms with van der Waals surface area (Å²) in [5.41, 5.74) is 5.86. The highest BCUT2D eigenvalue weighted by Crippen LogP contribution is 2.22. The molecule has 84 valence electrons. The maximum atomic E-state index is 10.9. The van der Waals surface area contributed by atoms with Gasteiger partial charge in [-0.25, -0.2) is 8.42 Å². The number of nitrogens with two attached hydrogens (primary N) is 1. The van der Waals surface area contributed by atoms with Crippen molar-refractivity contribution in [2.45, 2.75) is 44.4 Å². The molecule has 0 aromatic carbocycles. The minimum Gasteiger partial charge on any atom is -0.374 e. The van der Waals surface area contributed by atoms with Crippen molar-refractivity contribution in [1.29, 1.82) is 0 Å². The van der Waals surface area contributed by atoms with Crippen LogP contribution in [0.1, 0.15) is 26.2 Å². The Morgan fingerprint density at radius 3 is 2.57 bits per heavy atom. The molecule has 1 rings (SSSR count). The van der Waals surface area contributed by atoms with Crippen molar-refractivity contribution in [1.82, 2.24) is 0 Å². The van der Waals surface area contributed by atoms with Crippen molar-refractivity contribution < 1.29 is 13.2 Å². The molecule has 0 bridgehead atoms. The van der Waals surface area contributed by atoms with Crippen molar-refractivity contribution in [3.8, 4) is 0 Å². The van der Waals surface area contributed by atoms with E-state index in [0.29, 0.717) is 6.42 Å². The minimum atomic E-state index is -2.90. The highest BCUT2D eigenvalue weighted by molar-refractivity contribution is 7.90. The van der Waals surface area contributed by atoms with Gasteiger partial charge in [-0.2, -0.15) is 0 Å². The normalized spacial score (nSPS) is 30.5. The first-order valence-corrected chi connectivity index (χ1v) is 7.03. The lowest BCUT2D eigenvalue weighted by molar-refractivity contribution is 0.0398. The maximum absolute atomic E-state index is 10.9. The Morgan fingerprint density at radius 1 is 1.50 bits per heavy atom. The summed E-state index contributed by atoms with van der Waals surface area (Å²) in [6, 6.07) is -0.144. The van der Waals surface area contributed by atoms with Crippen molar-refractivity contribution in [3.05, 3.63) is 0 Å². The van der Waals surface area contributed by atoms with Gasteiger partial charge in [0.15, 0.2) is 0 Å². The van der Waals surface area contributed by atoms with Crippen LogP contribution in [0.5, 0.6) is 0 Å². The van der Waals surface area contributed by atoms with Crippen LogP contribution in [0.3, 0.4) is 0 Å². The number of ether oxygens (including phenoxy) is 1. The molecule has 1 fully saturated rings. The molecule has 0 aromatic rings. The second-order valence-electron chi connectivity index (χ2n) is 4.14.